The van der Waals surface area contributed by atoms with E-state index in [1.54, 1.807) is 6.07 Å². The number of carbonyl (C=O) groups excluding carboxylic acids is 1. The fraction of sp³-hybridized carbons (Fsp3) is 0.133. The topological polar surface area (TPSA) is 35.5 Å². The molecular formula is C15H12O3. The SMILES string of the molecule is O=C1CC(c2ccccc2)Oc2ccccc2O1. The van der Waals surface area contributed by atoms with E-state index < -0.39 is 0 Å². The smallest absolute Gasteiger partial charge is 0.315 e. The summed E-state index contributed by atoms with van der Waals surface area (Å²) in [6.07, 6.45) is -0.0686. The molecule has 90 valence electrons. The number of fused-ring (bicyclic) bond motifs is 1. The number of hydrogen-bond donors (Lipinski definition) is 0. The molecule has 0 radical (unpaired) electrons. The second kappa shape index (κ2) is 4.53. The van der Waals surface area contributed by atoms with Gasteiger partial charge in [0.15, 0.2) is 11.5 Å². The van der Waals surface area contributed by atoms with Gasteiger partial charge in [-0.2, -0.15) is 0 Å². The van der Waals surface area contributed by atoms with E-state index >= 15 is 0 Å². The Bertz CT molecular complexity index is 563. The van der Waals surface area contributed by atoms with Crippen molar-refractivity contribution in [2.45, 2.75) is 12.5 Å². The number of hydrogen-bond acceptors (Lipinski definition) is 3. The lowest BCUT2D eigenvalue weighted by molar-refractivity contribution is -0.135. The van der Waals surface area contributed by atoms with Gasteiger partial charge in [-0.3, -0.25) is 4.79 Å². The zero-order valence-electron chi connectivity index (χ0n) is 9.71. The van der Waals surface area contributed by atoms with E-state index in [4.69, 9.17) is 9.47 Å². The van der Waals surface area contributed by atoms with Gasteiger partial charge in [-0.15, -0.1) is 0 Å². The first-order chi connectivity index (χ1) is 8.83. The van der Waals surface area contributed by atoms with Gasteiger partial charge in [0.2, 0.25) is 0 Å². The predicted molar refractivity (Wildman–Crippen MR) is 66.5 cm³/mol. The van der Waals surface area contributed by atoms with Crippen LogP contribution in [0.1, 0.15) is 18.1 Å². The van der Waals surface area contributed by atoms with Crippen molar-refractivity contribution in [1.29, 1.82) is 0 Å². The minimum Gasteiger partial charge on any atom is -0.481 e. The maximum atomic E-state index is 11.7. The van der Waals surface area contributed by atoms with Gasteiger partial charge in [0.1, 0.15) is 6.10 Å². The van der Waals surface area contributed by atoms with Gasteiger partial charge in [0.25, 0.3) is 0 Å². The average molecular weight is 240 g/mol. The standard InChI is InChI=1S/C15H12O3/c16-15-10-14(11-6-2-1-3-7-11)17-12-8-4-5-9-13(12)18-15/h1-9,14H,10H2. The van der Waals surface area contributed by atoms with Gasteiger partial charge < -0.3 is 9.47 Å². The molecule has 0 saturated carbocycles. The number of ether oxygens (including phenoxy) is 2. The number of carbonyl (C=O) groups is 1. The summed E-state index contributed by atoms with van der Waals surface area (Å²) in [5.74, 6) is 0.826. The van der Waals surface area contributed by atoms with Crippen molar-refractivity contribution in [3.63, 3.8) is 0 Å². The summed E-state index contributed by atoms with van der Waals surface area (Å²) in [4.78, 5) is 11.7. The number of rotatable bonds is 1. The van der Waals surface area contributed by atoms with Gasteiger partial charge in [-0.1, -0.05) is 42.5 Å². The van der Waals surface area contributed by atoms with E-state index in [9.17, 15) is 4.79 Å². The molecule has 1 atom stereocenters. The third kappa shape index (κ3) is 2.07. The van der Waals surface area contributed by atoms with Crippen LogP contribution in [-0.2, 0) is 4.79 Å². The fourth-order valence-electron chi connectivity index (χ4n) is 2.00. The number of para-hydroxylation sites is 2. The Labute approximate surface area is 105 Å². The molecule has 1 unspecified atom stereocenters. The quantitative estimate of drug-likeness (QED) is 0.567. The first-order valence-corrected chi connectivity index (χ1v) is 5.84. The summed E-state index contributed by atoms with van der Waals surface area (Å²) in [5.41, 5.74) is 0.978. The fourth-order valence-corrected chi connectivity index (χ4v) is 2.00. The van der Waals surface area contributed by atoms with Crippen LogP contribution in [-0.4, -0.2) is 5.97 Å². The number of benzene rings is 2. The van der Waals surface area contributed by atoms with Crippen LogP contribution in [0.15, 0.2) is 54.6 Å². The van der Waals surface area contributed by atoms with Crippen LogP contribution >= 0.6 is 0 Å². The first-order valence-electron chi connectivity index (χ1n) is 5.84. The van der Waals surface area contributed by atoms with Crippen molar-refractivity contribution in [2.75, 3.05) is 0 Å². The molecule has 0 saturated heterocycles. The molecule has 0 N–H and O–H groups in total. The first kappa shape index (κ1) is 10.8. The van der Waals surface area contributed by atoms with E-state index in [2.05, 4.69) is 0 Å². The Morgan fingerprint density at radius 3 is 2.33 bits per heavy atom. The van der Waals surface area contributed by atoms with Crippen LogP contribution in [0.3, 0.4) is 0 Å². The molecule has 18 heavy (non-hydrogen) atoms. The molecular weight excluding hydrogens is 228 g/mol. The molecule has 2 aromatic carbocycles. The van der Waals surface area contributed by atoms with Crippen molar-refractivity contribution in [3.05, 3.63) is 60.2 Å². The highest BCUT2D eigenvalue weighted by Crippen LogP contribution is 2.35. The van der Waals surface area contributed by atoms with E-state index in [1.165, 1.54) is 0 Å². The van der Waals surface area contributed by atoms with Crippen molar-refractivity contribution in [2.24, 2.45) is 0 Å². The van der Waals surface area contributed by atoms with Crippen LogP contribution in [0.25, 0.3) is 0 Å². The highest BCUT2D eigenvalue weighted by Gasteiger charge is 2.25. The Kier molecular flexibility index (Phi) is 2.73. The summed E-state index contributed by atoms with van der Waals surface area (Å²) in [7, 11) is 0. The summed E-state index contributed by atoms with van der Waals surface area (Å²) in [6.45, 7) is 0. The molecule has 3 nitrogen and oxygen atoms in total. The minimum absolute atomic E-state index is 0.221. The third-order valence-electron chi connectivity index (χ3n) is 2.87. The van der Waals surface area contributed by atoms with Crippen LogP contribution in [0, 0.1) is 0 Å². The van der Waals surface area contributed by atoms with Gasteiger partial charge >= 0.3 is 5.97 Å². The van der Waals surface area contributed by atoms with Gasteiger partial charge in [-0.25, -0.2) is 0 Å². The molecule has 0 fully saturated rings. The molecule has 2 aromatic rings. The monoisotopic (exact) mass is 240 g/mol. The lowest BCUT2D eigenvalue weighted by Crippen LogP contribution is -2.13. The number of esters is 1. The highest BCUT2D eigenvalue weighted by atomic mass is 16.6. The second-order valence-corrected chi connectivity index (χ2v) is 4.14. The molecule has 0 aliphatic carbocycles. The van der Waals surface area contributed by atoms with Crippen LogP contribution in [0.2, 0.25) is 0 Å². The molecule has 0 spiro atoms. The maximum absolute atomic E-state index is 11.7. The van der Waals surface area contributed by atoms with Crippen LogP contribution in [0.5, 0.6) is 11.5 Å². The molecule has 1 heterocycles. The molecule has 0 bridgehead atoms. The van der Waals surface area contributed by atoms with Crippen LogP contribution < -0.4 is 9.47 Å². The predicted octanol–water partition coefficient (Wildman–Crippen LogP) is 3.12. The van der Waals surface area contributed by atoms with Gasteiger partial charge in [0.05, 0.1) is 6.42 Å². The van der Waals surface area contributed by atoms with Crippen molar-refractivity contribution in [1.82, 2.24) is 0 Å². The normalized spacial score (nSPS) is 18.2. The molecule has 3 heteroatoms. The molecule has 0 amide bonds. The lowest BCUT2D eigenvalue weighted by atomic mass is 10.1. The Hall–Kier alpha value is -2.29. The highest BCUT2D eigenvalue weighted by molar-refractivity contribution is 5.75. The Morgan fingerprint density at radius 2 is 1.56 bits per heavy atom. The molecule has 0 aromatic heterocycles. The van der Waals surface area contributed by atoms with Crippen molar-refractivity contribution >= 4 is 5.97 Å². The maximum Gasteiger partial charge on any atom is 0.315 e. The van der Waals surface area contributed by atoms with Crippen molar-refractivity contribution in [3.8, 4) is 11.5 Å². The molecule has 1 aliphatic rings. The molecule has 3 rings (SSSR count). The van der Waals surface area contributed by atoms with Gasteiger partial charge in [0, 0.05) is 0 Å². The molecule has 1 aliphatic heterocycles. The van der Waals surface area contributed by atoms with Gasteiger partial charge in [-0.05, 0) is 17.7 Å². The zero-order chi connectivity index (χ0) is 12.4. The Balaban J connectivity index is 1.97. The van der Waals surface area contributed by atoms with E-state index in [-0.39, 0.29) is 18.5 Å². The second-order valence-electron chi connectivity index (χ2n) is 4.14. The van der Waals surface area contributed by atoms with E-state index in [0.29, 0.717) is 11.5 Å². The minimum atomic E-state index is -0.289. The summed E-state index contributed by atoms with van der Waals surface area (Å²) in [5, 5.41) is 0. The summed E-state index contributed by atoms with van der Waals surface area (Å²) >= 11 is 0. The summed E-state index contributed by atoms with van der Waals surface area (Å²) < 4.78 is 11.1. The third-order valence-corrected chi connectivity index (χ3v) is 2.87. The van der Waals surface area contributed by atoms with Crippen molar-refractivity contribution < 1.29 is 14.3 Å². The summed E-state index contributed by atoms with van der Waals surface area (Å²) in [6, 6.07) is 16.9. The average Bonchev–Trinajstić information content (AvgIpc) is 2.57. The van der Waals surface area contributed by atoms with E-state index in [0.717, 1.165) is 5.56 Å². The largest absolute Gasteiger partial charge is 0.481 e. The zero-order valence-corrected chi connectivity index (χ0v) is 9.71. The van der Waals surface area contributed by atoms with E-state index in [1.807, 2.05) is 48.5 Å². The van der Waals surface area contributed by atoms with Crippen LogP contribution in [0.4, 0.5) is 0 Å². The Morgan fingerprint density at radius 1 is 0.889 bits per heavy atom. The lowest BCUT2D eigenvalue weighted by Gasteiger charge is -2.15.